The molecule has 0 unspecified atom stereocenters. The predicted octanol–water partition coefficient (Wildman–Crippen LogP) is 2.66. The Morgan fingerprint density at radius 1 is 1.03 bits per heavy atom. The number of alkyl halides is 2. The summed E-state index contributed by atoms with van der Waals surface area (Å²) in [6, 6.07) is 12.5. The van der Waals surface area contributed by atoms with Crippen molar-refractivity contribution in [2.24, 2.45) is 7.05 Å². The van der Waals surface area contributed by atoms with Gasteiger partial charge in [0.25, 0.3) is 11.5 Å². The highest BCUT2D eigenvalue weighted by Crippen LogP contribution is 2.19. The summed E-state index contributed by atoms with van der Waals surface area (Å²) in [5.41, 5.74) is 0.455. The van der Waals surface area contributed by atoms with E-state index in [1.165, 1.54) is 11.6 Å². The van der Waals surface area contributed by atoms with Gasteiger partial charge in [0.05, 0.1) is 21.8 Å². The van der Waals surface area contributed by atoms with Gasteiger partial charge < -0.3 is 10.1 Å². The first-order chi connectivity index (χ1) is 15.9. The zero-order chi connectivity index (χ0) is 25.2. The number of aromatic nitrogens is 2. The van der Waals surface area contributed by atoms with Crippen LogP contribution < -0.4 is 10.9 Å². The molecule has 34 heavy (non-hydrogen) atoms. The van der Waals surface area contributed by atoms with Crippen molar-refractivity contribution in [1.29, 1.82) is 0 Å². The molecule has 1 amide bonds. The van der Waals surface area contributed by atoms with Gasteiger partial charge in [0.2, 0.25) is 9.84 Å². The molecule has 0 radical (unpaired) electrons. The summed E-state index contributed by atoms with van der Waals surface area (Å²) in [6.45, 7) is 2.93. The van der Waals surface area contributed by atoms with Crippen LogP contribution in [0.5, 0.6) is 0 Å². The molecular weight excluding hydrogens is 472 g/mol. The minimum atomic E-state index is -4.80. The zero-order valence-corrected chi connectivity index (χ0v) is 19.2. The second-order valence-corrected chi connectivity index (χ2v) is 9.22. The normalized spacial score (nSPS) is 12.4. The van der Waals surface area contributed by atoms with Gasteiger partial charge in [-0.05, 0) is 50.2 Å². The molecule has 0 aliphatic heterocycles. The smallest absolute Gasteiger partial charge is 0.341 e. The van der Waals surface area contributed by atoms with Crippen LogP contribution in [0.2, 0.25) is 0 Å². The summed E-state index contributed by atoms with van der Waals surface area (Å²) in [6.07, 6.45) is -1.32. The third-order valence-corrected chi connectivity index (χ3v) is 6.51. The van der Waals surface area contributed by atoms with Crippen molar-refractivity contribution in [3.8, 4) is 5.69 Å². The summed E-state index contributed by atoms with van der Waals surface area (Å²) in [7, 11) is -3.15. The Labute approximate surface area is 193 Å². The minimum Gasteiger partial charge on any atom is -0.449 e. The van der Waals surface area contributed by atoms with Crippen LogP contribution >= 0.6 is 0 Å². The monoisotopic (exact) mass is 493 g/mol. The number of hydrogen-bond donors (Lipinski definition) is 1. The first kappa shape index (κ1) is 24.8. The number of carbonyl (C=O) groups is 2. The lowest BCUT2D eigenvalue weighted by Gasteiger charge is -2.13. The summed E-state index contributed by atoms with van der Waals surface area (Å²) in [4.78, 5) is 37.1. The summed E-state index contributed by atoms with van der Waals surface area (Å²) < 4.78 is 56.2. The molecule has 1 heterocycles. The van der Waals surface area contributed by atoms with Crippen molar-refractivity contribution in [2.45, 2.75) is 30.6 Å². The van der Waals surface area contributed by atoms with Gasteiger partial charge in [-0.3, -0.25) is 14.3 Å². The number of sulfone groups is 1. The molecule has 9 nitrogen and oxygen atoms in total. The van der Waals surface area contributed by atoms with E-state index in [4.69, 9.17) is 4.74 Å². The first-order valence-electron chi connectivity index (χ1n) is 9.93. The average Bonchev–Trinajstić information content (AvgIpc) is 3.02. The topological polar surface area (TPSA) is 116 Å². The number of nitrogens with zero attached hydrogens (tertiary/aromatic N) is 2. The number of nitrogens with one attached hydrogen (secondary N) is 1. The number of amides is 1. The molecule has 2 aromatic carbocycles. The molecule has 1 N–H and O–H groups in total. The van der Waals surface area contributed by atoms with E-state index in [0.717, 1.165) is 24.3 Å². The number of ether oxygens (including phenoxy) is 1. The van der Waals surface area contributed by atoms with Crippen LogP contribution in [-0.4, -0.2) is 41.5 Å². The van der Waals surface area contributed by atoms with Crippen LogP contribution in [0.4, 0.5) is 14.5 Å². The van der Waals surface area contributed by atoms with Gasteiger partial charge >= 0.3 is 11.7 Å². The van der Waals surface area contributed by atoms with Crippen molar-refractivity contribution in [3.05, 3.63) is 76.2 Å². The zero-order valence-electron chi connectivity index (χ0n) is 18.4. The van der Waals surface area contributed by atoms with Crippen LogP contribution in [0.25, 0.3) is 5.69 Å². The highest BCUT2D eigenvalue weighted by atomic mass is 32.2. The van der Waals surface area contributed by atoms with Gasteiger partial charge in [-0.1, -0.05) is 18.2 Å². The van der Waals surface area contributed by atoms with E-state index in [9.17, 15) is 31.6 Å². The fraction of sp³-hybridized carbons (Fsp3) is 0.227. The lowest BCUT2D eigenvalue weighted by atomic mass is 10.2. The molecule has 180 valence electrons. The minimum absolute atomic E-state index is 0.0146. The van der Waals surface area contributed by atoms with Crippen molar-refractivity contribution in [3.63, 3.8) is 0 Å². The first-order valence-corrected chi connectivity index (χ1v) is 11.5. The summed E-state index contributed by atoms with van der Waals surface area (Å²) >= 11 is 0. The SMILES string of the molecule is Cc1c(NC(=O)[C@@H](C)OC(=O)c2ccc(S(=O)(=O)C(F)F)cc2)c(=O)n(-c2ccccc2)n1C. The largest absolute Gasteiger partial charge is 0.449 e. The number of carbonyl (C=O) groups excluding carboxylic acids is 2. The van der Waals surface area contributed by atoms with E-state index in [1.807, 2.05) is 0 Å². The van der Waals surface area contributed by atoms with Gasteiger partial charge in [-0.15, -0.1) is 0 Å². The standard InChI is InChI=1S/C22H21F2N3O6S/c1-13-18(20(29)27(26(13)3)16-7-5-4-6-8-16)25-19(28)14(2)33-21(30)15-9-11-17(12-10-15)34(31,32)22(23)24/h4-12,14,22H,1-3H3,(H,25,28)/t14-/m1/s1. The molecule has 0 fully saturated rings. The second-order valence-electron chi connectivity index (χ2n) is 7.30. The van der Waals surface area contributed by atoms with Gasteiger partial charge in [-0.2, -0.15) is 8.78 Å². The molecule has 12 heteroatoms. The molecule has 0 spiro atoms. The van der Waals surface area contributed by atoms with E-state index in [2.05, 4.69) is 5.32 Å². The third-order valence-electron chi connectivity index (χ3n) is 5.11. The average molecular weight is 493 g/mol. The quantitative estimate of drug-likeness (QED) is 0.506. The van der Waals surface area contributed by atoms with E-state index in [0.29, 0.717) is 11.4 Å². The Hall–Kier alpha value is -3.80. The Kier molecular flexibility index (Phi) is 7.01. The number of rotatable bonds is 7. The van der Waals surface area contributed by atoms with Crippen LogP contribution in [0, 0.1) is 6.92 Å². The molecule has 0 bridgehead atoms. The van der Waals surface area contributed by atoms with Crippen molar-refractivity contribution < 1.29 is 31.5 Å². The molecule has 1 atom stereocenters. The predicted molar refractivity (Wildman–Crippen MR) is 119 cm³/mol. The molecule has 0 aliphatic rings. The Morgan fingerprint density at radius 2 is 1.62 bits per heavy atom. The Morgan fingerprint density at radius 3 is 2.18 bits per heavy atom. The highest BCUT2D eigenvalue weighted by Gasteiger charge is 2.27. The molecule has 0 saturated heterocycles. The van der Waals surface area contributed by atoms with Crippen LogP contribution in [0.3, 0.4) is 0 Å². The highest BCUT2D eigenvalue weighted by molar-refractivity contribution is 7.91. The van der Waals surface area contributed by atoms with E-state index in [-0.39, 0.29) is 11.3 Å². The van der Waals surface area contributed by atoms with Gasteiger partial charge in [0.15, 0.2) is 6.10 Å². The van der Waals surface area contributed by atoms with Crippen LogP contribution in [-0.2, 0) is 26.4 Å². The molecule has 0 saturated carbocycles. The number of esters is 1. The lowest BCUT2D eigenvalue weighted by molar-refractivity contribution is -0.123. The number of anilines is 1. The number of para-hydroxylation sites is 1. The molecule has 1 aromatic heterocycles. The van der Waals surface area contributed by atoms with Crippen LogP contribution in [0.15, 0.2) is 64.3 Å². The van der Waals surface area contributed by atoms with Gasteiger partial charge in [-0.25, -0.2) is 17.9 Å². The molecular formula is C22H21F2N3O6S. The van der Waals surface area contributed by atoms with Crippen molar-refractivity contribution >= 4 is 27.4 Å². The fourth-order valence-electron chi connectivity index (χ4n) is 3.10. The maximum absolute atomic E-state index is 12.9. The maximum atomic E-state index is 12.9. The van der Waals surface area contributed by atoms with Gasteiger partial charge in [0.1, 0.15) is 5.69 Å². The van der Waals surface area contributed by atoms with E-state index in [1.54, 1.807) is 49.0 Å². The molecule has 0 aliphatic carbocycles. The van der Waals surface area contributed by atoms with Gasteiger partial charge in [0, 0.05) is 7.05 Å². The number of halogens is 2. The Bertz CT molecular complexity index is 1380. The number of hydrogen-bond acceptors (Lipinski definition) is 6. The van der Waals surface area contributed by atoms with E-state index >= 15 is 0 Å². The molecule has 3 rings (SSSR count). The van der Waals surface area contributed by atoms with Crippen molar-refractivity contribution in [2.75, 3.05) is 5.32 Å². The van der Waals surface area contributed by atoms with E-state index < -0.39 is 44.0 Å². The summed E-state index contributed by atoms with van der Waals surface area (Å²) in [5.74, 6) is -5.34. The Balaban J connectivity index is 1.74. The van der Waals surface area contributed by atoms with Crippen LogP contribution in [0.1, 0.15) is 23.0 Å². The fourth-order valence-corrected chi connectivity index (χ4v) is 3.82. The maximum Gasteiger partial charge on any atom is 0.341 e. The second kappa shape index (κ2) is 9.59. The number of benzene rings is 2. The molecule has 3 aromatic rings. The lowest BCUT2D eigenvalue weighted by Crippen LogP contribution is -2.32. The summed E-state index contributed by atoms with van der Waals surface area (Å²) in [5, 5.41) is 2.47. The van der Waals surface area contributed by atoms with Crippen molar-refractivity contribution in [1.82, 2.24) is 9.36 Å². The third kappa shape index (κ3) is 4.76.